The Kier molecular flexibility index (Phi) is 8.19. The highest BCUT2D eigenvalue weighted by Gasteiger charge is 2.09. The fourth-order valence-corrected chi connectivity index (χ4v) is 3.30. The summed E-state index contributed by atoms with van der Waals surface area (Å²) in [4.78, 5) is 0. The zero-order valence-corrected chi connectivity index (χ0v) is 17.7. The summed E-state index contributed by atoms with van der Waals surface area (Å²) in [5.41, 5.74) is 9.32. The third kappa shape index (κ3) is 5.90. The van der Waals surface area contributed by atoms with E-state index in [4.69, 9.17) is 61.6 Å². The molecule has 0 atom stereocenters. The monoisotopic (exact) mass is 461 g/mol. The van der Waals surface area contributed by atoms with Crippen molar-refractivity contribution in [2.24, 2.45) is 21.0 Å². The fourth-order valence-electron chi connectivity index (χ4n) is 2.13. The van der Waals surface area contributed by atoms with Gasteiger partial charge in [-0.25, -0.2) is 5.43 Å². The van der Waals surface area contributed by atoms with Crippen LogP contribution in [0.1, 0.15) is 11.1 Å². The molecule has 28 heavy (non-hydrogen) atoms. The van der Waals surface area contributed by atoms with Gasteiger partial charge in [-0.3, -0.25) is 0 Å². The maximum Gasteiger partial charge on any atom is 0.234 e. The van der Waals surface area contributed by atoms with Crippen LogP contribution >= 0.6 is 46.4 Å². The topological polar surface area (TPSA) is 93.6 Å². The van der Waals surface area contributed by atoms with Crippen LogP contribution in [0.3, 0.4) is 0 Å². The van der Waals surface area contributed by atoms with Crippen molar-refractivity contribution in [1.82, 2.24) is 5.43 Å². The van der Waals surface area contributed by atoms with Gasteiger partial charge >= 0.3 is 0 Å². The fraction of sp³-hybridized carbons (Fsp3) is 0.118. The second-order valence-electron chi connectivity index (χ2n) is 5.12. The summed E-state index contributed by atoms with van der Waals surface area (Å²) in [7, 11) is 2.97. The lowest BCUT2D eigenvalue weighted by molar-refractivity contribution is 0.414. The van der Waals surface area contributed by atoms with Gasteiger partial charge in [0, 0.05) is 21.2 Å². The molecule has 0 fully saturated rings. The zero-order valence-electron chi connectivity index (χ0n) is 14.7. The molecule has 0 saturated heterocycles. The Labute approximate surface area is 181 Å². The summed E-state index contributed by atoms with van der Waals surface area (Å²) in [6.45, 7) is 0. The highest BCUT2D eigenvalue weighted by molar-refractivity contribution is 6.36. The average Bonchev–Trinajstić information content (AvgIpc) is 2.61. The summed E-state index contributed by atoms with van der Waals surface area (Å²) in [6.07, 6.45) is 2.83. The number of rotatable bonds is 6. The minimum atomic E-state index is -0.0633. The highest BCUT2D eigenvalue weighted by atomic mass is 35.5. The van der Waals surface area contributed by atoms with Crippen LogP contribution in [-0.4, -0.2) is 32.6 Å². The summed E-state index contributed by atoms with van der Waals surface area (Å²) >= 11 is 24.1. The van der Waals surface area contributed by atoms with Crippen LogP contribution in [0.2, 0.25) is 20.1 Å². The molecule has 2 rings (SSSR count). The molecule has 3 N–H and O–H groups in total. The van der Waals surface area contributed by atoms with Gasteiger partial charge in [-0.05, 0) is 24.3 Å². The van der Waals surface area contributed by atoms with Gasteiger partial charge in [0.05, 0.1) is 36.7 Å². The number of methoxy groups -OCH3 is 2. The molecule has 148 valence electrons. The third-order valence-corrected chi connectivity index (χ3v) is 4.23. The van der Waals surface area contributed by atoms with Crippen molar-refractivity contribution < 1.29 is 9.47 Å². The van der Waals surface area contributed by atoms with Crippen LogP contribution in [-0.2, 0) is 0 Å². The standard InChI is InChI=1S/C17H15Cl4N5O2/c1-27-15-9(3-11(18)5-13(15)20)7-23-25-17(22)26-24-8-10-4-12(19)6-14(21)16(10)28-2/h3-8H,1-2H3,(H3,22,25,26)/b23-7+,24-8+. The summed E-state index contributed by atoms with van der Waals surface area (Å²) in [6, 6.07) is 6.39. The number of ether oxygens (including phenoxy) is 2. The molecule has 0 unspecified atom stereocenters. The minimum Gasteiger partial charge on any atom is -0.495 e. The van der Waals surface area contributed by atoms with Crippen LogP contribution in [0.15, 0.2) is 39.6 Å². The lowest BCUT2D eigenvalue weighted by Gasteiger charge is -2.07. The number of nitrogens with zero attached hydrogens (tertiary/aromatic N) is 3. The lowest BCUT2D eigenvalue weighted by atomic mass is 10.2. The third-order valence-electron chi connectivity index (χ3n) is 3.23. The number of benzene rings is 2. The first kappa shape index (κ1) is 22.1. The first-order valence-corrected chi connectivity index (χ1v) is 9.08. The number of halogens is 4. The van der Waals surface area contributed by atoms with E-state index in [0.29, 0.717) is 42.7 Å². The molecule has 0 aromatic heterocycles. The Morgan fingerprint density at radius 2 is 1.39 bits per heavy atom. The van der Waals surface area contributed by atoms with Gasteiger partial charge in [-0.15, -0.1) is 5.10 Å². The zero-order chi connectivity index (χ0) is 20.7. The van der Waals surface area contributed by atoms with Gasteiger partial charge < -0.3 is 15.2 Å². The Balaban J connectivity index is 2.10. The smallest absolute Gasteiger partial charge is 0.234 e. The van der Waals surface area contributed by atoms with Gasteiger partial charge in [-0.2, -0.15) is 10.2 Å². The molecule has 0 saturated carbocycles. The van der Waals surface area contributed by atoms with E-state index in [2.05, 4.69) is 20.7 Å². The lowest BCUT2D eigenvalue weighted by Crippen LogP contribution is -2.26. The van der Waals surface area contributed by atoms with E-state index >= 15 is 0 Å². The number of hydrogen-bond donors (Lipinski definition) is 2. The molecular formula is C17H15Cl4N5O2. The summed E-state index contributed by atoms with van der Waals surface area (Å²) in [5, 5.41) is 13.2. The molecule has 0 aliphatic rings. The van der Waals surface area contributed by atoms with Crippen molar-refractivity contribution in [3.8, 4) is 11.5 Å². The Morgan fingerprint density at radius 1 is 0.893 bits per heavy atom. The van der Waals surface area contributed by atoms with E-state index < -0.39 is 0 Å². The summed E-state index contributed by atoms with van der Waals surface area (Å²) in [5.74, 6) is 0.779. The average molecular weight is 463 g/mol. The van der Waals surface area contributed by atoms with Gasteiger partial charge in [-0.1, -0.05) is 46.4 Å². The number of guanidine groups is 1. The molecule has 2 aromatic carbocycles. The second-order valence-corrected chi connectivity index (χ2v) is 6.81. The molecule has 0 bridgehead atoms. The molecular weight excluding hydrogens is 448 g/mol. The predicted molar refractivity (Wildman–Crippen MR) is 116 cm³/mol. The van der Waals surface area contributed by atoms with Gasteiger partial charge in [0.25, 0.3) is 0 Å². The minimum absolute atomic E-state index is 0.0633. The number of hydrogen-bond acceptors (Lipinski definition) is 5. The van der Waals surface area contributed by atoms with Crippen LogP contribution < -0.4 is 20.6 Å². The SMILES string of the molecule is COc1c(Cl)cc(Cl)cc1/C=N/N=C(N)N/N=C/c1cc(Cl)cc(Cl)c1OC. The van der Waals surface area contributed by atoms with Gasteiger partial charge in [0.15, 0.2) is 0 Å². The van der Waals surface area contributed by atoms with Crippen LogP contribution in [0.4, 0.5) is 0 Å². The Hall–Kier alpha value is -2.19. The molecule has 0 heterocycles. The Morgan fingerprint density at radius 3 is 1.89 bits per heavy atom. The molecule has 2 aromatic rings. The van der Waals surface area contributed by atoms with Crippen molar-refractivity contribution in [3.05, 3.63) is 55.5 Å². The maximum absolute atomic E-state index is 6.06. The van der Waals surface area contributed by atoms with Crippen LogP contribution in [0.25, 0.3) is 0 Å². The second kappa shape index (κ2) is 10.4. The van der Waals surface area contributed by atoms with Crippen LogP contribution in [0, 0.1) is 0 Å². The molecule has 7 nitrogen and oxygen atoms in total. The Bertz CT molecular complexity index is 948. The summed E-state index contributed by atoms with van der Waals surface area (Å²) < 4.78 is 10.4. The van der Waals surface area contributed by atoms with E-state index in [0.717, 1.165) is 0 Å². The quantitative estimate of drug-likeness (QED) is 0.373. The molecule has 11 heteroatoms. The number of hydrazone groups is 1. The van der Waals surface area contributed by atoms with Crippen LogP contribution in [0.5, 0.6) is 11.5 Å². The van der Waals surface area contributed by atoms with E-state index in [9.17, 15) is 0 Å². The normalized spacial score (nSPS) is 12.0. The molecule has 0 aliphatic heterocycles. The first-order valence-electron chi connectivity index (χ1n) is 7.57. The van der Waals surface area contributed by atoms with Crippen molar-refractivity contribution in [2.45, 2.75) is 0 Å². The van der Waals surface area contributed by atoms with E-state index in [1.165, 1.54) is 26.6 Å². The van der Waals surface area contributed by atoms with Crippen molar-refractivity contribution in [1.29, 1.82) is 0 Å². The first-order chi connectivity index (χ1) is 13.3. The molecule has 0 amide bonds. The number of nitrogens with one attached hydrogen (secondary N) is 1. The van der Waals surface area contributed by atoms with Gasteiger partial charge in [0.1, 0.15) is 11.5 Å². The maximum atomic E-state index is 6.06. The highest BCUT2D eigenvalue weighted by Crippen LogP contribution is 2.32. The molecule has 0 spiro atoms. The van der Waals surface area contributed by atoms with Crippen molar-refractivity contribution >= 4 is 64.8 Å². The van der Waals surface area contributed by atoms with E-state index in [-0.39, 0.29) is 5.96 Å². The predicted octanol–water partition coefficient (Wildman–Crippen LogP) is 4.59. The molecule has 0 radical (unpaired) electrons. The van der Waals surface area contributed by atoms with E-state index in [1.54, 1.807) is 24.3 Å². The van der Waals surface area contributed by atoms with Crippen molar-refractivity contribution in [2.75, 3.05) is 14.2 Å². The van der Waals surface area contributed by atoms with Gasteiger partial charge in [0.2, 0.25) is 5.96 Å². The van der Waals surface area contributed by atoms with Crippen molar-refractivity contribution in [3.63, 3.8) is 0 Å². The van der Waals surface area contributed by atoms with E-state index in [1.807, 2.05) is 0 Å². The molecule has 0 aliphatic carbocycles. The largest absolute Gasteiger partial charge is 0.495 e. The number of nitrogens with two attached hydrogens (primary N) is 1.